The van der Waals surface area contributed by atoms with Gasteiger partial charge in [-0.2, -0.15) is 5.10 Å². The second kappa shape index (κ2) is 4.56. The molecule has 0 saturated heterocycles. The highest BCUT2D eigenvalue weighted by Gasteiger charge is 2.36. The molecule has 0 unspecified atom stereocenters. The highest BCUT2D eigenvalue weighted by molar-refractivity contribution is 5.68. The van der Waals surface area contributed by atoms with E-state index in [-0.39, 0.29) is 0 Å². The van der Waals surface area contributed by atoms with Gasteiger partial charge in [-0.3, -0.25) is 4.79 Å². The first-order valence-corrected chi connectivity index (χ1v) is 5.19. The van der Waals surface area contributed by atoms with Gasteiger partial charge in [-0.05, 0) is 12.1 Å². The van der Waals surface area contributed by atoms with Gasteiger partial charge < -0.3 is 5.11 Å². The lowest BCUT2D eigenvalue weighted by Crippen LogP contribution is -2.17. The number of benzene rings is 1. The van der Waals surface area contributed by atoms with Crippen molar-refractivity contribution in [1.82, 2.24) is 9.78 Å². The maximum atomic E-state index is 13.5. The maximum Gasteiger partial charge on any atom is 0.309 e. The van der Waals surface area contributed by atoms with Crippen LogP contribution in [0, 0.1) is 0 Å². The summed E-state index contributed by atoms with van der Waals surface area (Å²) >= 11 is 0. The summed E-state index contributed by atoms with van der Waals surface area (Å²) in [4.78, 5) is 10.4. The van der Waals surface area contributed by atoms with Crippen molar-refractivity contribution in [3.63, 3.8) is 0 Å². The molecule has 4 nitrogen and oxygen atoms in total. The van der Waals surface area contributed by atoms with Gasteiger partial charge in [0.15, 0.2) is 0 Å². The topological polar surface area (TPSA) is 55.1 Å². The zero-order valence-electron chi connectivity index (χ0n) is 9.25. The summed E-state index contributed by atoms with van der Waals surface area (Å²) < 4.78 is 28.3. The molecule has 1 heterocycles. The van der Waals surface area contributed by atoms with Crippen LogP contribution in [0.25, 0.3) is 5.69 Å². The van der Waals surface area contributed by atoms with E-state index in [0.29, 0.717) is 5.69 Å². The van der Waals surface area contributed by atoms with Crippen LogP contribution in [0.1, 0.15) is 12.0 Å². The smallest absolute Gasteiger partial charge is 0.309 e. The van der Waals surface area contributed by atoms with Crippen LogP contribution in [0.5, 0.6) is 0 Å². The van der Waals surface area contributed by atoms with Crippen molar-refractivity contribution < 1.29 is 18.7 Å². The van der Waals surface area contributed by atoms with Crippen molar-refractivity contribution in [2.45, 2.75) is 12.3 Å². The molecule has 1 N–H and O–H groups in total. The monoisotopic (exact) mass is 252 g/mol. The molecule has 0 aliphatic heterocycles. The Morgan fingerprint density at radius 1 is 1.33 bits per heavy atom. The molecular weight excluding hydrogens is 242 g/mol. The largest absolute Gasteiger partial charge is 0.481 e. The van der Waals surface area contributed by atoms with Gasteiger partial charge in [0.25, 0.3) is 5.92 Å². The van der Waals surface area contributed by atoms with Crippen molar-refractivity contribution in [3.8, 4) is 5.69 Å². The molecule has 0 bridgehead atoms. The molecular formula is C12H10F2N2O2. The molecule has 18 heavy (non-hydrogen) atoms. The Bertz CT molecular complexity index is 552. The maximum absolute atomic E-state index is 13.5. The van der Waals surface area contributed by atoms with Crippen LogP contribution >= 0.6 is 0 Å². The predicted molar refractivity (Wildman–Crippen MR) is 59.7 cm³/mol. The van der Waals surface area contributed by atoms with Gasteiger partial charge in [0.2, 0.25) is 0 Å². The summed E-state index contributed by atoms with van der Waals surface area (Å²) in [5, 5.41) is 12.2. The summed E-state index contributed by atoms with van der Waals surface area (Å²) in [7, 11) is 0. The number of nitrogens with zero attached hydrogens (tertiary/aromatic N) is 2. The summed E-state index contributed by atoms with van der Waals surface area (Å²) in [5.41, 5.74) is 0.226. The fourth-order valence-corrected chi connectivity index (χ4v) is 1.53. The first kappa shape index (κ1) is 12.2. The number of aromatic nitrogens is 2. The Hall–Kier alpha value is -2.24. The number of rotatable bonds is 4. The third kappa shape index (κ3) is 2.53. The Labute approximate surface area is 101 Å². The number of carboxylic acids is 1. The number of halogens is 2. The molecule has 0 aliphatic rings. The van der Waals surface area contributed by atoms with E-state index in [2.05, 4.69) is 5.10 Å². The number of alkyl halides is 2. The lowest BCUT2D eigenvalue weighted by molar-refractivity contribution is -0.145. The van der Waals surface area contributed by atoms with Gasteiger partial charge in [0, 0.05) is 6.20 Å². The van der Waals surface area contributed by atoms with Gasteiger partial charge in [0.1, 0.15) is 6.42 Å². The van der Waals surface area contributed by atoms with Gasteiger partial charge >= 0.3 is 5.97 Å². The van der Waals surface area contributed by atoms with E-state index in [9.17, 15) is 13.6 Å². The number of hydrogen-bond acceptors (Lipinski definition) is 2. The average molecular weight is 252 g/mol. The van der Waals surface area contributed by atoms with Gasteiger partial charge in [0.05, 0.1) is 17.4 Å². The predicted octanol–water partition coefficient (Wildman–Crippen LogP) is 2.44. The van der Waals surface area contributed by atoms with E-state index < -0.39 is 23.9 Å². The molecule has 94 valence electrons. The molecule has 0 saturated carbocycles. The SMILES string of the molecule is O=C(O)CC(F)(F)c1cnn(-c2ccccc2)c1. The van der Waals surface area contributed by atoms with Crippen molar-refractivity contribution >= 4 is 5.97 Å². The standard InChI is InChI=1S/C12H10F2N2O2/c13-12(14,6-11(17)18)9-7-15-16(8-9)10-4-2-1-3-5-10/h1-5,7-8H,6H2,(H,17,18). The molecule has 1 aromatic heterocycles. The van der Waals surface area contributed by atoms with E-state index in [1.165, 1.54) is 4.68 Å². The summed E-state index contributed by atoms with van der Waals surface area (Å²) in [6.45, 7) is 0. The van der Waals surface area contributed by atoms with Crippen molar-refractivity contribution in [1.29, 1.82) is 0 Å². The Morgan fingerprint density at radius 3 is 2.61 bits per heavy atom. The summed E-state index contributed by atoms with van der Waals surface area (Å²) in [6.07, 6.45) is 0.877. The van der Waals surface area contributed by atoms with E-state index in [4.69, 9.17) is 5.11 Å². The highest BCUT2D eigenvalue weighted by atomic mass is 19.3. The van der Waals surface area contributed by atoms with Crippen LogP contribution in [0.15, 0.2) is 42.7 Å². The molecule has 0 spiro atoms. The molecule has 0 aliphatic carbocycles. The third-order valence-corrected chi connectivity index (χ3v) is 2.40. The molecule has 2 aromatic rings. The second-order valence-electron chi connectivity index (χ2n) is 3.78. The molecule has 0 fully saturated rings. The zero-order chi connectivity index (χ0) is 13.2. The molecule has 2 rings (SSSR count). The minimum atomic E-state index is -3.42. The minimum Gasteiger partial charge on any atom is -0.481 e. The Balaban J connectivity index is 2.28. The van der Waals surface area contributed by atoms with Crippen molar-refractivity contribution in [2.75, 3.05) is 0 Å². The lowest BCUT2D eigenvalue weighted by atomic mass is 10.1. The summed E-state index contributed by atoms with van der Waals surface area (Å²) in [5.74, 6) is -4.97. The van der Waals surface area contributed by atoms with E-state index in [1.807, 2.05) is 0 Å². The quantitative estimate of drug-likeness (QED) is 0.909. The van der Waals surface area contributed by atoms with Gasteiger partial charge in [-0.1, -0.05) is 18.2 Å². The zero-order valence-corrected chi connectivity index (χ0v) is 9.25. The number of aliphatic carboxylic acids is 1. The third-order valence-electron chi connectivity index (χ3n) is 2.40. The first-order valence-electron chi connectivity index (χ1n) is 5.19. The van der Waals surface area contributed by atoms with Crippen molar-refractivity contribution in [2.24, 2.45) is 0 Å². The Kier molecular flexibility index (Phi) is 3.10. The number of carbonyl (C=O) groups is 1. The first-order chi connectivity index (χ1) is 8.49. The minimum absolute atomic E-state index is 0.409. The Morgan fingerprint density at radius 2 is 2.00 bits per heavy atom. The molecule has 6 heteroatoms. The second-order valence-corrected chi connectivity index (χ2v) is 3.78. The van der Waals surface area contributed by atoms with Crippen LogP contribution in [-0.4, -0.2) is 20.9 Å². The lowest BCUT2D eigenvalue weighted by Gasteiger charge is -2.10. The summed E-state index contributed by atoms with van der Waals surface area (Å²) in [6, 6.07) is 8.74. The fourth-order valence-electron chi connectivity index (χ4n) is 1.53. The normalized spacial score (nSPS) is 11.4. The van der Waals surface area contributed by atoms with E-state index in [0.717, 1.165) is 12.4 Å². The van der Waals surface area contributed by atoms with Gasteiger partial charge in [-0.15, -0.1) is 0 Å². The number of para-hydroxylation sites is 1. The fraction of sp³-hybridized carbons (Fsp3) is 0.167. The van der Waals surface area contributed by atoms with Crippen LogP contribution < -0.4 is 0 Å². The van der Waals surface area contributed by atoms with Crippen LogP contribution in [0.2, 0.25) is 0 Å². The van der Waals surface area contributed by atoms with Crippen LogP contribution in [0.4, 0.5) is 8.78 Å². The molecule has 0 atom stereocenters. The van der Waals surface area contributed by atoms with E-state index in [1.54, 1.807) is 30.3 Å². The van der Waals surface area contributed by atoms with Gasteiger partial charge in [-0.25, -0.2) is 13.5 Å². The van der Waals surface area contributed by atoms with Crippen molar-refractivity contribution in [3.05, 3.63) is 48.3 Å². The van der Waals surface area contributed by atoms with Crippen LogP contribution in [-0.2, 0) is 10.7 Å². The molecule has 1 aromatic carbocycles. The average Bonchev–Trinajstić information content (AvgIpc) is 2.78. The number of carboxylic acid groups (broad SMARTS) is 1. The highest BCUT2D eigenvalue weighted by Crippen LogP contribution is 2.31. The van der Waals surface area contributed by atoms with E-state index >= 15 is 0 Å². The number of hydrogen-bond donors (Lipinski definition) is 1. The molecule has 0 amide bonds. The molecule has 0 radical (unpaired) electrons. The van der Waals surface area contributed by atoms with Crippen LogP contribution in [0.3, 0.4) is 0 Å².